The van der Waals surface area contributed by atoms with Crippen molar-refractivity contribution in [3.05, 3.63) is 278 Å². The van der Waals surface area contributed by atoms with Crippen LogP contribution in [0.15, 0.2) is 267 Å². The van der Waals surface area contributed by atoms with Crippen molar-refractivity contribution < 1.29 is 0 Å². The molecule has 5 heterocycles. The first-order chi connectivity index (χ1) is 41.9. The van der Waals surface area contributed by atoms with E-state index in [0.29, 0.717) is 17.6 Å². The lowest BCUT2D eigenvalue weighted by molar-refractivity contribution is 0.661. The molecule has 0 spiro atoms. The van der Waals surface area contributed by atoms with Crippen LogP contribution in [-0.4, -0.2) is 28.7 Å². The number of aromatic nitrogens is 6. The molecule has 0 amide bonds. The Morgan fingerprint density at radius 3 is 1.29 bits per heavy atom. The molecule has 1 aliphatic carbocycles. The Labute approximate surface area is 493 Å². The zero-order chi connectivity index (χ0) is 56.1. The SMILES string of the molecule is CC1(C)c2ccccc2-c2cc3c(cc21)c1cc(-c2ccc4sc5ccc(-c6ccc7c(c6)c6cc8c(cc6n7-c6nc(-c7ccccc7)nc(-c7ccccc7)n6)c6ccccc6n8-c6ccccc6)cc5c4c2)ccc1n3-c1ccccc1. The van der Waals surface area contributed by atoms with Crippen molar-refractivity contribution in [3.63, 3.8) is 0 Å². The summed E-state index contributed by atoms with van der Waals surface area (Å²) >= 11 is 1.86. The van der Waals surface area contributed by atoms with Gasteiger partial charge in [0.15, 0.2) is 11.6 Å². The van der Waals surface area contributed by atoms with E-state index in [1.165, 1.54) is 80.7 Å². The summed E-state index contributed by atoms with van der Waals surface area (Å²) in [5.41, 5.74) is 20.9. The summed E-state index contributed by atoms with van der Waals surface area (Å²) in [6.07, 6.45) is 0. The predicted octanol–water partition coefficient (Wildman–Crippen LogP) is 20.5. The van der Waals surface area contributed by atoms with E-state index >= 15 is 0 Å². The third-order valence-corrected chi connectivity index (χ3v) is 19.2. The Morgan fingerprint density at radius 2 is 0.706 bits per heavy atom. The molecule has 0 saturated heterocycles. The van der Waals surface area contributed by atoms with E-state index in [9.17, 15) is 0 Å². The molecule has 18 rings (SSSR count). The van der Waals surface area contributed by atoms with Crippen LogP contribution in [0, 0.1) is 0 Å². The summed E-state index contributed by atoms with van der Waals surface area (Å²) in [7, 11) is 0. The molecular formula is C78H50N6S. The molecule has 7 heteroatoms. The van der Waals surface area contributed by atoms with Gasteiger partial charge < -0.3 is 9.13 Å². The molecule has 5 aromatic heterocycles. The van der Waals surface area contributed by atoms with Gasteiger partial charge in [-0.15, -0.1) is 11.3 Å². The average molecular weight is 1100 g/mol. The topological polar surface area (TPSA) is 53.5 Å². The van der Waals surface area contributed by atoms with E-state index in [1.54, 1.807) is 0 Å². The van der Waals surface area contributed by atoms with Crippen molar-refractivity contribution in [3.8, 4) is 73.5 Å². The van der Waals surface area contributed by atoms with Gasteiger partial charge in [-0.3, -0.25) is 4.57 Å². The largest absolute Gasteiger partial charge is 0.309 e. The van der Waals surface area contributed by atoms with E-state index in [1.807, 2.05) is 47.7 Å². The van der Waals surface area contributed by atoms with Crippen molar-refractivity contribution in [2.45, 2.75) is 19.3 Å². The van der Waals surface area contributed by atoms with Gasteiger partial charge in [0.2, 0.25) is 5.95 Å². The van der Waals surface area contributed by atoms with Crippen LogP contribution in [0.5, 0.6) is 0 Å². The zero-order valence-corrected chi connectivity index (χ0v) is 47.3. The van der Waals surface area contributed by atoms with Crippen molar-refractivity contribution in [2.24, 2.45) is 0 Å². The molecule has 12 aromatic carbocycles. The lowest BCUT2D eigenvalue weighted by Crippen LogP contribution is -2.14. The van der Waals surface area contributed by atoms with E-state index in [0.717, 1.165) is 71.9 Å². The van der Waals surface area contributed by atoms with E-state index in [-0.39, 0.29) is 5.41 Å². The van der Waals surface area contributed by atoms with Crippen molar-refractivity contribution in [1.29, 1.82) is 0 Å². The number of fused-ring (bicyclic) bond motifs is 15. The molecule has 0 saturated carbocycles. The first kappa shape index (κ1) is 47.9. The highest BCUT2D eigenvalue weighted by Gasteiger charge is 2.36. The Hall–Kier alpha value is -10.7. The van der Waals surface area contributed by atoms with Crippen LogP contribution >= 0.6 is 11.3 Å². The molecule has 6 nitrogen and oxygen atoms in total. The van der Waals surface area contributed by atoms with Crippen LogP contribution < -0.4 is 0 Å². The average Bonchev–Trinajstić information content (AvgIpc) is 2.48. The standard InChI is InChI=1S/C78H50N6S/c1-78(2)65-29-17-15-27-55(65)57-44-70-60(43-66(57)78)58-39-49(31-35-68(58)83(70)54-25-13-6-14-26-54)51-33-37-73-63(41-51)64-42-52(34-38-74(64)85-73)50-32-36-69-59(40-50)62-46-71-61(56-28-16-18-30-67(56)82(71)53-23-11-5-12-24-53)45-72(62)84(69)77-80-75(47-19-7-3-8-20-47)79-76(81-77)48-21-9-4-10-22-48/h3-46H,1-2H3. The summed E-state index contributed by atoms with van der Waals surface area (Å²) in [6, 6.07) is 97.4. The molecule has 0 radical (unpaired) electrons. The fraction of sp³-hybridized carbons (Fsp3) is 0.0385. The van der Waals surface area contributed by atoms with Gasteiger partial charge in [-0.25, -0.2) is 4.98 Å². The molecule has 0 aliphatic heterocycles. The third kappa shape index (κ3) is 7.21. The van der Waals surface area contributed by atoms with Crippen LogP contribution in [0.2, 0.25) is 0 Å². The maximum Gasteiger partial charge on any atom is 0.238 e. The molecule has 0 unspecified atom stereocenters. The van der Waals surface area contributed by atoms with Gasteiger partial charge in [0, 0.05) is 80.4 Å². The summed E-state index contributed by atoms with van der Waals surface area (Å²) in [6.45, 7) is 4.75. The fourth-order valence-corrected chi connectivity index (χ4v) is 15.1. The second kappa shape index (κ2) is 18.1. The Bertz CT molecular complexity index is 5560. The molecule has 398 valence electrons. The van der Waals surface area contributed by atoms with Crippen LogP contribution in [-0.2, 0) is 5.41 Å². The molecule has 0 N–H and O–H groups in total. The monoisotopic (exact) mass is 1100 g/mol. The third-order valence-electron chi connectivity index (χ3n) is 18.1. The Balaban J connectivity index is 0.816. The summed E-state index contributed by atoms with van der Waals surface area (Å²) in [5, 5.41) is 9.60. The second-order valence-electron chi connectivity index (χ2n) is 23.2. The molecule has 0 bridgehead atoms. The summed E-state index contributed by atoms with van der Waals surface area (Å²) in [5.74, 6) is 1.80. The molecular weight excluding hydrogens is 1050 g/mol. The van der Waals surface area contributed by atoms with Gasteiger partial charge in [0.05, 0.1) is 33.1 Å². The van der Waals surface area contributed by atoms with Gasteiger partial charge in [0.1, 0.15) is 0 Å². The minimum atomic E-state index is -0.111. The molecule has 17 aromatic rings. The highest BCUT2D eigenvalue weighted by atomic mass is 32.1. The predicted molar refractivity (Wildman–Crippen MR) is 355 cm³/mol. The molecule has 0 atom stereocenters. The van der Waals surface area contributed by atoms with Crippen LogP contribution in [0.4, 0.5) is 0 Å². The van der Waals surface area contributed by atoms with E-state index in [4.69, 9.17) is 15.0 Å². The normalized spacial score (nSPS) is 12.9. The number of hydrogen-bond acceptors (Lipinski definition) is 4. The molecule has 1 aliphatic rings. The van der Waals surface area contributed by atoms with Gasteiger partial charge in [-0.2, -0.15) is 9.97 Å². The number of nitrogens with zero attached hydrogens (tertiary/aromatic N) is 6. The van der Waals surface area contributed by atoms with Crippen molar-refractivity contribution in [2.75, 3.05) is 0 Å². The minimum absolute atomic E-state index is 0.111. The molecule has 0 fully saturated rings. The lowest BCUT2D eigenvalue weighted by atomic mass is 9.82. The van der Waals surface area contributed by atoms with E-state index in [2.05, 4.69) is 258 Å². The highest BCUT2D eigenvalue weighted by Crippen LogP contribution is 2.52. The van der Waals surface area contributed by atoms with Crippen LogP contribution in [0.1, 0.15) is 25.0 Å². The van der Waals surface area contributed by atoms with Gasteiger partial charge in [-0.05, 0) is 148 Å². The smallest absolute Gasteiger partial charge is 0.238 e. The Kier molecular flexibility index (Phi) is 10.2. The summed E-state index contributed by atoms with van der Waals surface area (Å²) < 4.78 is 9.65. The Morgan fingerprint density at radius 1 is 0.282 bits per heavy atom. The maximum atomic E-state index is 5.34. The summed E-state index contributed by atoms with van der Waals surface area (Å²) in [4.78, 5) is 15.8. The number of hydrogen-bond donors (Lipinski definition) is 0. The fourth-order valence-electron chi connectivity index (χ4n) is 14.0. The van der Waals surface area contributed by atoms with Crippen molar-refractivity contribution in [1.82, 2.24) is 28.7 Å². The second-order valence-corrected chi connectivity index (χ2v) is 24.3. The van der Waals surface area contributed by atoms with Crippen LogP contribution in [0.3, 0.4) is 0 Å². The number of thiophene rings is 1. The van der Waals surface area contributed by atoms with Crippen molar-refractivity contribution >= 4 is 96.9 Å². The number of para-hydroxylation sites is 3. The zero-order valence-electron chi connectivity index (χ0n) is 46.5. The number of rotatable bonds is 7. The van der Waals surface area contributed by atoms with Gasteiger partial charge in [-0.1, -0.05) is 178 Å². The quantitative estimate of drug-likeness (QED) is 0.160. The van der Waals surface area contributed by atoms with E-state index < -0.39 is 0 Å². The highest BCUT2D eigenvalue weighted by molar-refractivity contribution is 7.25. The maximum absolute atomic E-state index is 5.34. The van der Waals surface area contributed by atoms with Gasteiger partial charge >= 0.3 is 0 Å². The first-order valence-corrected chi connectivity index (χ1v) is 29.9. The van der Waals surface area contributed by atoms with Crippen LogP contribution in [0.25, 0.3) is 159 Å². The minimum Gasteiger partial charge on any atom is -0.309 e. The number of benzene rings is 12. The lowest BCUT2D eigenvalue weighted by Gasteiger charge is -2.21. The first-order valence-electron chi connectivity index (χ1n) is 29.1. The van der Waals surface area contributed by atoms with Gasteiger partial charge in [0.25, 0.3) is 0 Å². The molecule has 85 heavy (non-hydrogen) atoms.